The summed E-state index contributed by atoms with van der Waals surface area (Å²) in [5, 5.41) is 17.7. The first kappa shape index (κ1) is 13.5. The van der Waals surface area contributed by atoms with Gasteiger partial charge in [0.15, 0.2) is 0 Å². The molecular weight excluding hydrogens is 244 g/mol. The Hall–Kier alpha value is -1.97. The molecule has 2 rings (SSSR count). The number of carboxylic acids is 1. The van der Waals surface area contributed by atoms with Crippen LogP contribution in [-0.4, -0.2) is 16.2 Å². The molecule has 0 radical (unpaired) electrons. The van der Waals surface area contributed by atoms with Crippen molar-refractivity contribution < 1.29 is 19.7 Å². The topological polar surface area (TPSA) is 66.8 Å². The molecule has 0 heterocycles. The van der Waals surface area contributed by atoms with E-state index in [0.717, 1.165) is 5.56 Å². The molecule has 4 heteroatoms. The summed E-state index contributed by atoms with van der Waals surface area (Å²) in [5.74, 6) is -0.721. The summed E-state index contributed by atoms with van der Waals surface area (Å²) in [6.07, 6.45) is 5.30. The second-order valence-corrected chi connectivity index (χ2v) is 4.91. The molecule has 0 amide bonds. The quantitative estimate of drug-likeness (QED) is 0.643. The number of aliphatic carboxylic acids is 1. The van der Waals surface area contributed by atoms with Gasteiger partial charge in [-0.15, -0.1) is 0 Å². The molecule has 1 aromatic rings. The Kier molecular flexibility index (Phi) is 4.10. The van der Waals surface area contributed by atoms with Crippen molar-refractivity contribution in [2.75, 3.05) is 0 Å². The fraction of sp³-hybridized carbons (Fsp3) is 0.400. The molecular formula is C15H18O4. The van der Waals surface area contributed by atoms with E-state index in [-0.39, 0.29) is 0 Å². The third-order valence-electron chi connectivity index (χ3n) is 3.59. The van der Waals surface area contributed by atoms with E-state index in [4.69, 9.17) is 14.9 Å². The molecule has 0 bridgehead atoms. The molecule has 0 unspecified atom stereocenters. The Bertz CT molecular complexity index is 499. The summed E-state index contributed by atoms with van der Waals surface area (Å²) in [4.78, 5) is 10.8. The number of hydrogen-bond donors (Lipinski definition) is 2. The number of ether oxygens (including phenoxy) is 1. The van der Waals surface area contributed by atoms with Gasteiger partial charge in [-0.3, -0.25) is 0 Å². The van der Waals surface area contributed by atoms with Gasteiger partial charge in [-0.05, 0) is 42.9 Å². The largest absolute Gasteiger partial charge is 0.511 e. The molecule has 2 N–H and O–H groups in total. The van der Waals surface area contributed by atoms with Crippen LogP contribution in [0.2, 0.25) is 0 Å². The summed E-state index contributed by atoms with van der Waals surface area (Å²) >= 11 is 0. The average Bonchev–Trinajstić information content (AvgIpc) is 2.91. The Morgan fingerprint density at radius 2 is 2.05 bits per heavy atom. The maximum atomic E-state index is 10.8. The zero-order valence-corrected chi connectivity index (χ0v) is 10.9. The Balaban J connectivity index is 2.24. The third kappa shape index (κ3) is 3.08. The van der Waals surface area contributed by atoms with E-state index in [1.165, 1.54) is 31.2 Å². The molecule has 1 aliphatic rings. The monoisotopic (exact) mass is 262 g/mol. The summed E-state index contributed by atoms with van der Waals surface area (Å²) in [6.45, 7) is 1.85. The predicted octanol–water partition coefficient (Wildman–Crippen LogP) is 3.52. The van der Waals surface area contributed by atoms with E-state index in [1.807, 2.05) is 19.1 Å². The number of hydrogen-bond acceptors (Lipinski definition) is 3. The smallest absolute Gasteiger partial charge is 0.375 e. The molecule has 1 aromatic carbocycles. The summed E-state index contributed by atoms with van der Waals surface area (Å²) in [6, 6.07) is 5.89. The molecule has 0 spiro atoms. The molecule has 1 saturated carbocycles. The Morgan fingerprint density at radius 1 is 1.37 bits per heavy atom. The minimum absolute atomic E-state index is 0.466. The van der Waals surface area contributed by atoms with Crippen LogP contribution in [0.5, 0.6) is 5.75 Å². The van der Waals surface area contributed by atoms with Gasteiger partial charge in [0.1, 0.15) is 12.0 Å². The summed E-state index contributed by atoms with van der Waals surface area (Å²) < 4.78 is 5.27. The molecule has 19 heavy (non-hydrogen) atoms. The van der Waals surface area contributed by atoms with Crippen molar-refractivity contribution in [3.8, 4) is 5.75 Å². The number of rotatable bonds is 4. The van der Waals surface area contributed by atoms with E-state index in [0.29, 0.717) is 17.9 Å². The highest BCUT2D eigenvalue weighted by Gasteiger charge is 2.19. The number of benzene rings is 1. The minimum Gasteiger partial charge on any atom is -0.511 e. The van der Waals surface area contributed by atoms with Crippen molar-refractivity contribution >= 4 is 5.97 Å². The zero-order chi connectivity index (χ0) is 13.8. The minimum atomic E-state index is -1.28. The van der Waals surface area contributed by atoms with Crippen LogP contribution < -0.4 is 4.74 Å². The number of aryl methyl sites for hydroxylation is 1. The molecule has 0 aliphatic heterocycles. The predicted molar refractivity (Wildman–Crippen MR) is 71.4 cm³/mol. The molecule has 4 nitrogen and oxygen atoms in total. The molecule has 0 saturated heterocycles. The first-order valence-corrected chi connectivity index (χ1v) is 6.48. The van der Waals surface area contributed by atoms with Crippen molar-refractivity contribution in [2.24, 2.45) is 0 Å². The number of aliphatic hydroxyl groups is 1. The van der Waals surface area contributed by atoms with Crippen molar-refractivity contribution in [1.82, 2.24) is 0 Å². The normalized spacial score (nSPS) is 16.6. The first-order valence-electron chi connectivity index (χ1n) is 6.48. The van der Waals surface area contributed by atoms with Gasteiger partial charge >= 0.3 is 5.97 Å². The Morgan fingerprint density at radius 3 is 2.63 bits per heavy atom. The van der Waals surface area contributed by atoms with Crippen LogP contribution in [0.15, 0.2) is 30.2 Å². The molecule has 102 valence electrons. The Labute approximate surface area is 112 Å². The van der Waals surface area contributed by atoms with Gasteiger partial charge in [-0.25, -0.2) is 4.79 Å². The number of carboxylic acid groups (broad SMARTS) is 1. The lowest BCUT2D eigenvalue weighted by molar-refractivity contribution is -0.135. The van der Waals surface area contributed by atoms with E-state index in [2.05, 4.69) is 6.07 Å². The van der Waals surface area contributed by atoms with Gasteiger partial charge in [0.05, 0.1) is 0 Å². The highest BCUT2D eigenvalue weighted by Crippen LogP contribution is 2.36. The van der Waals surface area contributed by atoms with Crippen LogP contribution in [0.1, 0.15) is 42.7 Å². The fourth-order valence-electron chi connectivity index (χ4n) is 2.48. The van der Waals surface area contributed by atoms with Crippen LogP contribution in [0.4, 0.5) is 0 Å². The SMILES string of the molecule is Cc1ccc(C2CCCC2)cc1OC(=CO)C(=O)O. The zero-order valence-electron chi connectivity index (χ0n) is 10.9. The molecule has 0 aromatic heterocycles. The van der Waals surface area contributed by atoms with Crippen LogP contribution in [0, 0.1) is 6.92 Å². The average molecular weight is 262 g/mol. The summed E-state index contributed by atoms with van der Waals surface area (Å²) in [7, 11) is 0. The van der Waals surface area contributed by atoms with Gasteiger partial charge in [0, 0.05) is 0 Å². The van der Waals surface area contributed by atoms with Gasteiger partial charge in [-0.1, -0.05) is 25.0 Å². The van der Waals surface area contributed by atoms with Gasteiger partial charge in [0.25, 0.3) is 0 Å². The third-order valence-corrected chi connectivity index (χ3v) is 3.59. The second-order valence-electron chi connectivity index (χ2n) is 4.91. The highest BCUT2D eigenvalue weighted by molar-refractivity contribution is 5.84. The lowest BCUT2D eigenvalue weighted by atomic mass is 9.96. The van der Waals surface area contributed by atoms with E-state index < -0.39 is 11.7 Å². The van der Waals surface area contributed by atoms with Crippen LogP contribution in [0.3, 0.4) is 0 Å². The second kappa shape index (κ2) is 5.78. The standard InChI is InChI=1S/C15H18O4/c1-10-6-7-12(11-4-2-3-5-11)8-13(10)19-14(9-16)15(17)18/h6-9,11,16H,2-5H2,1H3,(H,17,18). The van der Waals surface area contributed by atoms with Crippen LogP contribution >= 0.6 is 0 Å². The van der Waals surface area contributed by atoms with Crippen molar-refractivity contribution in [3.05, 3.63) is 41.3 Å². The van der Waals surface area contributed by atoms with Gasteiger partial charge in [0.2, 0.25) is 5.76 Å². The fourth-order valence-corrected chi connectivity index (χ4v) is 2.48. The van der Waals surface area contributed by atoms with Crippen LogP contribution in [0.25, 0.3) is 0 Å². The van der Waals surface area contributed by atoms with Crippen LogP contribution in [-0.2, 0) is 4.79 Å². The van der Waals surface area contributed by atoms with Crippen molar-refractivity contribution in [2.45, 2.75) is 38.5 Å². The first-order chi connectivity index (χ1) is 9.11. The number of aliphatic hydroxyl groups excluding tert-OH is 1. The molecule has 1 fully saturated rings. The lowest BCUT2D eigenvalue weighted by Gasteiger charge is -2.14. The van der Waals surface area contributed by atoms with Crippen molar-refractivity contribution in [1.29, 1.82) is 0 Å². The van der Waals surface area contributed by atoms with E-state index in [1.54, 1.807) is 0 Å². The lowest BCUT2D eigenvalue weighted by Crippen LogP contribution is -2.08. The van der Waals surface area contributed by atoms with Crippen molar-refractivity contribution in [3.63, 3.8) is 0 Å². The van der Waals surface area contributed by atoms with Gasteiger partial charge < -0.3 is 14.9 Å². The molecule has 1 aliphatic carbocycles. The molecule has 0 atom stereocenters. The van der Waals surface area contributed by atoms with E-state index in [9.17, 15) is 4.79 Å². The highest BCUT2D eigenvalue weighted by atomic mass is 16.5. The number of carbonyl (C=O) groups is 1. The maximum Gasteiger partial charge on any atom is 0.375 e. The van der Waals surface area contributed by atoms with Gasteiger partial charge in [-0.2, -0.15) is 0 Å². The van der Waals surface area contributed by atoms with E-state index >= 15 is 0 Å². The maximum absolute atomic E-state index is 10.8. The summed E-state index contributed by atoms with van der Waals surface area (Å²) in [5.41, 5.74) is 2.03.